The Hall–Kier alpha value is -1.61. The lowest BCUT2D eigenvalue weighted by molar-refractivity contribution is 0.108. The van der Waals surface area contributed by atoms with Crippen LogP contribution in [0.1, 0.15) is 15.9 Å². The molecule has 0 saturated heterocycles. The van der Waals surface area contributed by atoms with Crippen molar-refractivity contribution in [3.63, 3.8) is 0 Å². The molecule has 0 spiro atoms. The van der Waals surface area contributed by atoms with Crippen LogP contribution in [0.15, 0.2) is 36.7 Å². The highest BCUT2D eigenvalue weighted by Crippen LogP contribution is 2.18. The molecule has 0 aliphatic rings. The van der Waals surface area contributed by atoms with Crippen LogP contribution >= 0.6 is 11.6 Å². The van der Waals surface area contributed by atoms with Crippen molar-refractivity contribution in [3.8, 4) is 5.69 Å². The zero-order valence-corrected chi connectivity index (χ0v) is 8.90. The van der Waals surface area contributed by atoms with Crippen LogP contribution in [-0.2, 0) is 0 Å². The number of hydrogen-bond donors (Lipinski definition) is 0. The summed E-state index contributed by atoms with van der Waals surface area (Å²) in [5.41, 5.74) is 2.22. The van der Waals surface area contributed by atoms with E-state index in [2.05, 4.69) is 5.10 Å². The predicted octanol–water partition coefficient (Wildman–Crippen LogP) is 2.56. The van der Waals surface area contributed by atoms with Crippen LogP contribution in [0.2, 0.25) is 0 Å². The van der Waals surface area contributed by atoms with Crippen LogP contribution in [0.25, 0.3) is 5.69 Å². The summed E-state index contributed by atoms with van der Waals surface area (Å²) in [7, 11) is 0. The number of carbonyl (C=O) groups excluding carboxylic acids is 1. The van der Waals surface area contributed by atoms with Crippen molar-refractivity contribution in [1.29, 1.82) is 0 Å². The van der Waals surface area contributed by atoms with Gasteiger partial charge in [0.25, 0.3) is 5.24 Å². The van der Waals surface area contributed by atoms with Crippen LogP contribution < -0.4 is 0 Å². The van der Waals surface area contributed by atoms with Crippen LogP contribution in [0.3, 0.4) is 0 Å². The van der Waals surface area contributed by atoms with Crippen LogP contribution in [0.4, 0.5) is 0 Å². The molecular weight excluding hydrogens is 212 g/mol. The van der Waals surface area contributed by atoms with Crippen molar-refractivity contribution in [2.24, 2.45) is 0 Å². The molecule has 15 heavy (non-hydrogen) atoms. The molecule has 2 rings (SSSR count). The summed E-state index contributed by atoms with van der Waals surface area (Å²) in [4.78, 5) is 11.1. The minimum absolute atomic E-state index is 0.443. The normalized spacial score (nSPS) is 10.3. The van der Waals surface area contributed by atoms with Crippen molar-refractivity contribution < 1.29 is 4.79 Å². The van der Waals surface area contributed by atoms with E-state index in [4.69, 9.17) is 11.6 Å². The highest BCUT2D eigenvalue weighted by molar-refractivity contribution is 6.68. The molecule has 0 unspecified atom stereocenters. The number of rotatable bonds is 2. The molecule has 0 aliphatic heterocycles. The maximum atomic E-state index is 11.1. The van der Waals surface area contributed by atoms with Gasteiger partial charge >= 0.3 is 0 Å². The van der Waals surface area contributed by atoms with Crippen molar-refractivity contribution in [1.82, 2.24) is 9.78 Å². The minimum atomic E-state index is -0.443. The number of benzene rings is 1. The van der Waals surface area contributed by atoms with Gasteiger partial charge in [-0.2, -0.15) is 5.10 Å². The Morgan fingerprint density at radius 2 is 2.20 bits per heavy atom. The topological polar surface area (TPSA) is 34.9 Å². The van der Waals surface area contributed by atoms with Gasteiger partial charge in [0.15, 0.2) is 0 Å². The first-order chi connectivity index (χ1) is 7.20. The number of aromatic nitrogens is 2. The Morgan fingerprint density at radius 3 is 2.80 bits per heavy atom. The molecule has 0 N–H and O–H groups in total. The Labute approximate surface area is 92.3 Å². The maximum Gasteiger partial charge on any atom is 0.252 e. The Morgan fingerprint density at radius 1 is 1.40 bits per heavy atom. The van der Waals surface area contributed by atoms with Crippen LogP contribution in [0, 0.1) is 6.92 Å². The average Bonchev–Trinajstić information content (AvgIpc) is 2.70. The number of halogens is 1. The second kappa shape index (κ2) is 3.87. The second-order valence-electron chi connectivity index (χ2n) is 3.17. The lowest BCUT2D eigenvalue weighted by atomic mass is 10.1. The van der Waals surface area contributed by atoms with E-state index in [0.29, 0.717) is 5.56 Å². The van der Waals surface area contributed by atoms with E-state index in [1.807, 2.05) is 25.3 Å². The molecule has 1 aromatic heterocycles. The number of hydrogen-bond acceptors (Lipinski definition) is 2. The predicted molar refractivity (Wildman–Crippen MR) is 58.5 cm³/mol. The van der Waals surface area contributed by atoms with E-state index >= 15 is 0 Å². The highest BCUT2D eigenvalue weighted by atomic mass is 35.5. The molecule has 0 saturated carbocycles. The third kappa shape index (κ3) is 1.78. The number of carbonyl (C=O) groups is 1. The molecule has 1 aromatic carbocycles. The van der Waals surface area contributed by atoms with Gasteiger partial charge < -0.3 is 0 Å². The van der Waals surface area contributed by atoms with Gasteiger partial charge in [-0.25, -0.2) is 4.68 Å². The van der Waals surface area contributed by atoms with E-state index in [9.17, 15) is 4.79 Å². The van der Waals surface area contributed by atoms with E-state index in [1.54, 1.807) is 23.0 Å². The standard InChI is InChI=1S/C11H9ClN2O/c1-8-9(11(12)15)4-2-5-10(8)14-7-3-6-13-14/h2-7H,1H3. The highest BCUT2D eigenvalue weighted by Gasteiger charge is 2.10. The van der Waals surface area contributed by atoms with Crippen molar-refractivity contribution in [2.75, 3.05) is 0 Å². The first-order valence-electron chi connectivity index (χ1n) is 4.49. The fourth-order valence-electron chi connectivity index (χ4n) is 1.50. The number of nitrogens with zero attached hydrogens (tertiary/aromatic N) is 2. The zero-order chi connectivity index (χ0) is 10.8. The van der Waals surface area contributed by atoms with E-state index in [-0.39, 0.29) is 0 Å². The molecule has 76 valence electrons. The smallest absolute Gasteiger partial charge is 0.252 e. The van der Waals surface area contributed by atoms with Crippen molar-refractivity contribution in [3.05, 3.63) is 47.8 Å². The summed E-state index contributed by atoms with van der Waals surface area (Å²) in [6.45, 7) is 1.85. The molecule has 4 heteroatoms. The van der Waals surface area contributed by atoms with E-state index < -0.39 is 5.24 Å². The Balaban J connectivity index is 2.59. The second-order valence-corrected chi connectivity index (χ2v) is 3.52. The fraction of sp³-hybridized carbons (Fsp3) is 0.0909. The largest absolute Gasteiger partial charge is 0.276 e. The summed E-state index contributed by atoms with van der Waals surface area (Å²) in [5, 5.41) is 3.67. The lowest BCUT2D eigenvalue weighted by Gasteiger charge is -2.08. The van der Waals surface area contributed by atoms with Gasteiger partial charge in [-0.1, -0.05) is 6.07 Å². The molecular formula is C11H9ClN2O. The molecule has 1 heterocycles. The van der Waals surface area contributed by atoms with Gasteiger partial charge in [0.05, 0.1) is 5.69 Å². The van der Waals surface area contributed by atoms with Crippen LogP contribution in [-0.4, -0.2) is 15.0 Å². The van der Waals surface area contributed by atoms with Gasteiger partial charge in [-0.3, -0.25) is 4.79 Å². The lowest BCUT2D eigenvalue weighted by Crippen LogP contribution is -2.02. The Kier molecular flexibility index (Phi) is 2.56. The average molecular weight is 221 g/mol. The van der Waals surface area contributed by atoms with Gasteiger partial charge in [0.1, 0.15) is 0 Å². The van der Waals surface area contributed by atoms with Gasteiger partial charge in [-0.15, -0.1) is 0 Å². The van der Waals surface area contributed by atoms with Gasteiger partial charge in [0.2, 0.25) is 0 Å². The molecule has 0 bridgehead atoms. The Bertz CT molecular complexity index is 491. The summed E-state index contributed by atoms with van der Waals surface area (Å²) >= 11 is 5.47. The quantitative estimate of drug-likeness (QED) is 0.729. The molecule has 0 radical (unpaired) electrons. The molecule has 0 aliphatic carbocycles. The van der Waals surface area contributed by atoms with Crippen molar-refractivity contribution in [2.45, 2.75) is 6.92 Å². The van der Waals surface area contributed by atoms with E-state index in [0.717, 1.165) is 11.3 Å². The summed E-state index contributed by atoms with van der Waals surface area (Å²) in [5.74, 6) is 0. The SMILES string of the molecule is Cc1c(C(=O)Cl)cccc1-n1cccn1. The molecule has 0 amide bonds. The molecule has 2 aromatic rings. The first-order valence-corrected chi connectivity index (χ1v) is 4.87. The third-order valence-corrected chi connectivity index (χ3v) is 2.47. The monoisotopic (exact) mass is 220 g/mol. The molecule has 0 atom stereocenters. The third-order valence-electron chi connectivity index (χ3n) is 2.27. The van der Waals surface area contributed by atoms with Crippen LogP contribution in [0.5, 0.6) is 0 Å². The summed E-state index contributed by atoms with van der Waals surface area (Å²) < 4.78 is 1.71. The zero-order valence-electron chi connectivity index (χ0n) is 8.14. The molecule has 3 nitrogen and oxygen atoms in total. The summed E-state index contributed by atoms with van der Waals surface area (Å²) in [6.07, 6.45) is 3.51. The van der Waals surface area contributed by atoms with Gasteiger partial charge in [0, 0.05) is 18.0 Å². The summed E-state index contributed by atoms with van der Waals surface area (Å²) in [6, 6.07) is 7.22. The minimum Gasteiger partial charge on any atom is -0.276 e. The van der Waals surface area contributed by atoms with Crippen molar-refractivity contribution >= 4 is 16.8 Å². The van der Waals surface area contributed by atoms with Gasteiger partial charge in [-0.05, 0) is 42.3 Å². The first kappa shape index (κ1) is 9.93. The fourth-order valence-corrected chi connectivity index (χ4v) is 1.70. The maximum absolute atomic E-state index is 11.1. The molecule has 0 fully saturated rings. The van der Waals surface area contributed by atoms with E-state index in [1.165, 1.54) is 0 Å².